The summed E-state index contributed by atoms with van der Waals surface area (Å²) in [5.74, 6) is 2.52. The van der Waals surface area contributed by atoms with Crippen molar-refractivity contribution in [2.24, 2.45) is 0 Å². The summed E-state index contributed by atoms with van der Waals surface area (Å²) < 4.78 is 0. The van der Waals surface area contributed by atoms with Crippen LogP contribution in [-0.4, -0.2) is 24.6 Å². The lowest BCUT2D eigenvalue weighted by Gasteiger charge is -1.94. The number of hydrogen-bond acceptors (Lipinski definition) is 4. The SMILES string of the molecule is C#CCCC.CC1CCNN1.C[N+](=O)[O-]. The maximum Gasteiger partial charge on any atom is 0.194 e. The van der Waals surface area contributed by atoms with E-state index in [9.17, 15) is 0 Å². The lowest BCUT2D eigenvalue weighted by atomic mass is 10.3. The van der Waals surface area contributed by atoms with Gasteiger partial charge >= 0.3 is 0 Å². The van der Waals surface area contributed by atoms with Gasteiger partial charge in [0.2, 0.25) is 0 Å². The summed E-state index contributed by atoms with van der Waals surface area (Å²) in [4.78, 5) is 8.31. The van der Waals surface area contributed by atoms with Gasteiger partial charge in [0.15, 0.2) is 7.05 Å². The van der Waals surface area contributed by atoms with E-state index in [1.54, 1.807) is 0 Å². The van der Waals surface area contributed by atoms with E-state index < -0.39 is 4.92 Å². The zero-order chi connectivity index (χ0) is 12.1. The third-order valence-corrected chi connectivity index (χ3v) is 1.45. The molecule has 1 fully saturated rings. The Balaban J connectivity index is 0. The number of hydrogen-bond donors (Lipinski definition) is 2. The normalized spacial score (nSPS) is 17.6. The molecule has 1 aliphatic heterocycles. The number of rotatable bonds is 1. The van der Waals surface area contributed by atoms with Crippen molar-refractivity contribution in [2.45, 2.75) is 39.2 Å². The van der Waals surface area contributed by atoms with Crippen molar-refractivity contribution in [1.29, 1.82) is 0 Å². The van der Waals surface area contributed by atoms with Gasteiger partial charge in [-0.15, -0.1) is 12.3 Å². The van der Waals surface area contributed by atoms with Crippen molar-refractivity contribution in [3.05, 3.63) is 10.1 Å². The summed E-state index contributed by atoms with van der Waals surface area (Å²) in [5.41, 5.74) is 6.09. The quantitative estimate of drug-likeness (QED) is 0.391. The summed E-state index contributed by atoms with van der Waals surface area (Å²) in [6.45, 7) is 5.36. The Morgan fingerprint density at radius 3 is 2.27 bits per heavy atom. The molecule has 1 atom stereocenters. The molecule has 88 valence electrons. The highest BCUT2D eigenvalue weighted by Crippen LogP contribution is 1.90. The van der Waals surface area contributed by atoms with Crippen molar-refractivity contribution in [3.8, 4) is 12.3 Å². The Labute approximate surface area is 91.8 Å². The maximum absolute atomic E-state index is 8.81. The molecule has 5 nitrogen and oxygen atoms in total. The fourth-order valence-electron chi connectivity index (χ4n) is 0.752. The third kappa shape index (κ3) is 24.6. The first kappa shape index (κ1) is 16.3. The molecule has 15 heavy (non-hydrogen) atoms. The van der Waals surface area contributed by atoms with Crippen LogP contribution >= 0.6 is 0 Å². The van der Waals surface area contributed by atoms with Gasteiger partial charge < -0.3 is 0 Å². The fraction of sp³-hybridized carbons (Fsp3) is 0.800. The summed E-state index contributed by atoms with van der Waals surface area (Å²) in [6, 6.07) is 0.685. The summed E-state index contributed by atoms with van der Waals surface area (Å²) >= 11 is 0. The van der Waals surface area contributed by atoms with Crippen molar-refractivity contribution < 1.29 is 4.92 Å². The fourth-order valence-corrected chi connectivity index (χ4v) is 0.752. The minimum Gasteiger partial charge on any atom is -0.265 e. The Kier molecular flexibility index (Phi) is 14.0. The van der Waals surface area contributed by atoms with E-state index in [0.717, 1.165) is 26.4 Å². The second kappa shape index (κ2) is 12.9. The van der Waals surface area contributed by atoms with E-state index in [2.05, 4.69) is 30.6 Å². The molecule has 0 bridgehead atoms. The van der Waals surface area contributed by atoms with Crippen LogP contribution in [0.1, 0.15) is 33.1 Å². The first-order valence-electron chi connectivity index (χ1n) is 5.04. The van der Waals surface area contributed by atoms with E-state index in [-0.39, 0.29) is 0 Å². The highest BCUT2D eigenvalue weighted by Gasteiger charge is 2.04. The van der Waals surface area contributed by atoms with Crippen molar-refractivity contribution in [3.63, 3.8) is 0 Å². The molecule has 5 heteroatoms. The van der Waals surface area contributed by atoms with Gasteiger partial charge in [0.05, 0.1) is 0 Å². The average Bonchev–Trinajstić information content (AvgIpc) is 2.57. The molecule has 0 spiro atoms. The van der Waals surface area contributed by atoms with Gasteiger partial charge in [-0.1, -0.05) is 6.92 Å². The number of terminal acetylenes is 1. The molecule has 1 saturated heterocycles. The monoisotopic (exact) mass is 215 g/mol. The number of nitrogens with zero attached hydrogens (tertiary/aromatic N) is 1. The van der Waals surface area contributed by atoms with Gasteiger partial charge in [0.1, 0.15) is 0 Å². The van der Waals surface area contributed by atoms with Gasteiger partial charge in [0, 0.05) is 23.9 Å². The Bertz CT molecular complexity index is 180. The van der Waals surface area contributed by atoms with Gasteiger partial charge in [0.25, 0.3) is 0 Å². The zero-order valence-electron chi connectivity index (χ0n) is 9.75. The predicted molar refractivity (Wildman–Crippen MR) is 61.9 cm³/mol. The van der Waals surface area contributed by atoms with Crippen LogP contribution in [0.15, 0.2) is 0 Å². The van der Waals surface area contributed by atoms with Crippen LogP contribution in [0.25, 0.3) is 0 Å². The number of nitro groups is 1. The predicted octanol–water partition coefficient (Wildman–Crippen LogP) is 1.19. The largest absolute Gasteiger partial charge is 0.265 e. The van der Waals surface area contributed by atoms with Crippen LogP contribution in [0.2, 0.25) is 0 Å². The van der Waals surface area contributed by atoms with Gasteiger partial charge in [-0.3, -0.25) is 21.0 Å². The molecule has 1 rings (SSSR count). The van der Waals surface area contributed by atoms with Crippen LogP contribution in [0, 0.1) is 22.5 Å². The Hall–Kier alpha value is -1.12. The van der Waals surface area contributed by atoms with Crippen molar-refractivity contribution in [2.75, 3.05) is 13.6 Å². The molecule has 1 aliphatic rings. The van der Waals surface area contributed by atoms with E-state index in [0.29, 0.717) is 6.04 Å². The molecule has 0 radical (unpaired) electrons. The van der Waals surface area contributed by atoms with Gasteiger partial charge in [-0.2, -0.15) is 0 Å². The molecule has 0 aromatic rings. The number of nitrogens with one attached hydrogen (secondary N) is 2. The lowest BCUT2D eigenvalue weighted by Crippen LogP contribution is -2.27. The molecular weight excluding hydrogens is 194 g/mol. The van der Waals surface area contributed by atoms with Crippen LogP contribution in [0.5, 0.6) is 0 Å². The summed E-state index contributed by atoms with van der Waals surface area (Å²) in [7, 11) is 0.889. The molecule has 0 saturated carbocycles. The Morgan fingerprint density at radius 2 is 2.20 bits per heavy atom. The van der Waals surface area contributed by atoms with Gasteiger partial charge in [-0.25, -0.2) is 0 Å². The minimum atomic E-state index is -0.500. The first-order valence-corrected chi connectivity index (χ1v) is 5.04. The highest BCUT2D eigenvalue weighted by atomic mass is 16.6. The molecule has 0 aromatic carbocycles. The topological polar surface area (TPSA) is 67.2 Å². The molecule has 0 aliphatic carbocycles. The molecule has 1 heterocycles. The standard InChI is InChI=1S/C5H8.C4H10N2.CH3NO2/c1-3-5-4-2;1-4-2-3-5-6-4;1-2(3)4/h1H,4-5H2,2H3;4-6H,2-3H2,1H3;1H3. The van der Waals surface area contributed by atoms with E-state index in [1.165, 1.54) is 6.42 Å². The number of unbranched alkanes of at least 4 members (excludes halogenated alkanes) is 1. The lowest BCUT2D eigenvalue weighted by molar-refractivity contribution is -0.445. The third-order valence-electron chi connectivity index (χ3n) is 1.45. The smallest absolute Gasteiger partial charge is 0.194 e. The highest BCUT2D eigenvalue weighted by molar-refractivity contribution is 4.81. The van der Waals surface area contributed by atoms with Crippen LogP contribution in [0.3, 0.4) is 0 Å². The molecule has 0 amide bonds. The molecule has 2 N–H and O–H groups in total. The summed E-state index contributed by atoms with van der Waals surface area (Å²) in [5, 5.41) is 8.81. The molecule has 0 aromatic heterocycles. The van der Waals surface area contributed by atoms with Crippen LogP contribution < -0.4 is 10.9 Å². The van der Waals surface area contributed by atoms with Crippen LogP contribution in [0.4, 0.5) is 0 Å². The second-order valence-electron chi connectivity index (χ2n) is 3.15. The first-order chi connectivity index (χ1) is 7.04. The van der Waals surface area contributed by atoms with Crippen LogP contribution in [-0.2, 0) is 0 Å². The zero-order valence-corrected chi connectivity index (χ0v) is 9.75. The summed E-state index contributed by atoms with van der Waals surface area (Å²) in [6.07, 6.45) is 8.18. The number of hydrazine groups is 1. The average molecular weight is 215 g/mol. The van der Waals surface area contributed by atoms with E-state index >= 15 is 0 Å². The van der Waals surface area contributed by atoms with Crippen molar-refractivity contribution in [1.82, 2.24) is 10.9 Å². The maximum atomic E-state index is 8.81. The second-order valence-corrected chi connectivity index (χ2v) is 3.15. The Morgan fingerprint density at radius 1 is 1.67 bits per heavy atom. The van der Waals surface area contributed by atoms with E-state index in [1.807, 2.05) is 0 Å². The minimum absolute atomic E-state index is 0.500. The van der Waals surface area contributed by atoms with Gasteiger partial charge in [-0.05, 0) is 19.8 Å². The molecule has 1 unspecified atom stereocenters. The molecular formula is C10H21N3O2. The van der Waals surface area contributed by atoms with E-state index in [4.69, 9.17) is 16.5 Å². The van der Waals surface area contributed by atoms with Crippen molar-refractivity contribution >= 4 is 0 Å².